The van der Waals surface area contributed by atoms with Crippen LogP contribution in [0, 0.1) is 0 Å². The molecule has 4 aromatic rings. The lowest BCUT2D eigenvalue weighted by atomic mass is 10.0. The molecule has 0 saturated carbocycles. The lowest BCUT2D eigenvalue weighted by molar-refractivity contribution is -0.123. The van der Waals surface area contributed by atoms with Crippen LogP contribution in [0.5, 0.6) is 0 Å². The number of carbonyl (C=O) groups excluding carboxylic acids is 2. The van der Waals surface area contributed by atoms with E-state index < -0.39 is 34.4 Å². The van der Waals surface area contributed by atoms with Crippen molar-refractivity contribution < 1.29 is 27.3 Å². The second-order valence-electron chi connectivity index (χ2n) is 8.44. The molecule has 39 heavy (non-hydrogen) atoms. The average Bonchev–Trinajstić information content (AvgIpc) is 3.61. The van der Waals surface area contributed by atoms with Crippen LogP contribution in [0.4, 0.5) is 10.5 Å². The molecule has 0 fully saturated rings. The number of alkyl carbamates (subject to hydrolysis) is 1. The zero-order chi connectivity index (χ0) is 27.8. The highest BCUT2D eigenvalue weighted by Gasteiger charge is 2.26. The van der Waals surface area contributed by atoms with Crippen molar-refractivity contribution in [3.05, 3.63) is 93.6 Å². The summed E-state index contributed by atoms with van der Waals surface area (Å²) in [6, 6.07) is 18.0. The third kappa shape index (κ3) is 8.35. The molecule has 3 N–H and O–H groups in total. The first kappa shape index (κ1) is 28.2. The number of rotatable bonds is 11. The molecule has 2 aromatic carbocycles. The van der Waals surface area contributed by atoms with Gasteiger partial charge in [0.15, 0.2) is 10.3 Å². The van der Waals surface area contributed by atoms with Gasteiger partial charge in [-0.1, -0.05) is 48.5 Å². The summed E-state index contributed by atoms with van der Waals surface area (Å²) in [5.74, 6) is -0.419. The Bertz CT molecular complexity index is 1490. The van der Waals surface area contributed by atoms with Crippen molar-refractivity contribution in [1.29, 1.82) is 0 Å². The largest absolute Gasteiger partial charge is 0.731 e. The van der Waals surface area contributed by atoms with Gasteiger partial charge in [0.1, 0.15) is 11.0 Å². The lowest BCUT2D eigenvalue weighted by Crippen LogP contribution is -2.49. The van der Waals surface area contributed by atoms with Gasteiger partial charge in [0.25, 0.3) is 0 Å². The fourth-order valence-electron chi connectivity index (χ4n) is 3.81. The number of carbonyl (C=O) groups is 2. The van der Waals surface area contributed by atoms with Gasteiger partial charge in [0, 0.05) is 17.5 Å². The quantitative estimate of drug-likeness (QED) is 0.224. The van der Waals surface area contributed by atoms with Crippen molar-refractivity contribution in [1.82, 2.24) is 15.6 Å². The highest BCUT2D eigenvalue weighted by molar-refractivity contribution is 7.87. The maximum atomic E-state index is 13.5. The summed E-state index contributed by atoms with van der Waals surface area (Å²) < 4.78 is 39.6. The number of amides is 2. The van der Waals surface area contributed by atoms with Crippen LogP contribution in [0.2, 0.25) is 0 Å². The van der Waals surface area contributed by atoms with Crippen LogP contribution >= 0.6 is 22.7 Å². The van der Waals surface area contributed by atoms with E-state index in [4.69, 9.17) is 9.72 Å². The molecule has 0 aliphatic heterocycles. The van der Waals surface area contributed by atoms with Crippen LogP contribution in [0.25, 0.3) is 10.6 Å². The van der Waals surface area contributed by atoms with Gasteiger partial charge >= 0.3 is 6.09 Å². The summed E-state index contributed by atoms with van der Waals surface area (Å²) in [6.07, 6.45) is -0.158. The molecule has 0 aliphatic carbocycles. The Hall–Kier alpha value is -3.78. The van der Waals surface area contributed by atoms with Gasteiger partial charge in [-0.25, -0.2) is 18.2 Å². The van der Waals surface area contributed by atoms with E-state index in [2.05, 4.69) is 10.6 Å². The molecule has 2 aromatic heterocycles. The van der Waals surface area contributed by atoms with E-state index in [1.54, 1.807) is 23.5 Å². The molecule has 2 unspecified atom stereocenters. The average molecular weight is 586 g/mol. The topological polar surface area (TPSA) is 150 Å². The predicted octanol–water partition coefficient (Wildman–Crippen LogP) is 4.11. The highest BCUT2D eigenvalue weighted by atomic mass is 32.2. The van der Waals surface area contributed by atoms with Crippen molar-refractivity contribution in [3.8, 4) is 10.6 Å². The second kappa shape index (κ2) is 12.8. The predicted molar refractivity (Wildman–Crippen MR) is 149 cm³/mol. The van der Waals surface area contributed by atoms with Gasteiger partial charge < -0.3 is 19.9 Å². The summed E-state index contributed by atoms with van der Waals surface area (Å²) in [4.78, 5) is 31.3. The lowest BCUT2D eigenvalue weighted by Gasteiger charge is -2.22. The van der Waals surface area contributed by atoms with E-state index in [1.165, 1.54) is 30.6 Å². The number of thiophene rings is 1. The van der Waals surface area contributed by atoms with Crippen molar-refractivity contribution >= 4 is 50.7 Å². The SMILES string of the molecule is COC(=O)NC(Cc1ccccc1)C(=O)NC(Cc1ccc(NS(=O)(=O)[O-])cc1)c1nc(-c2cccs2)cs1. The van der Waals surface area contributed by atoms with Gasteiger partial charge in [-0.05, 0) is 41.1 Å². The number of aromatic nitrogens is 1. The number of nitrogens with zero attached hydrogens (tertiary/aromatic N) is 1. The molecule has 2 heterocycles. The van der Waals surface area contributed by atoms with Crippen molar-refractivity contribution in [2.24, 2.45) is 0 Å². The number of anilines is 1. The fourth-order valence-corrected chi connectivity index (χ4v) is 5.86. The van der Waals surface area contributed by atoms with Gasteiger partial charge in [-0.3, -0.25) is 9.52 Å². The van der Waals surface area contributed by atoms with E-state index in [0.717, 1.165) is 21.7 Å². The minimum absolute atomic E-state index is 0.133. The number of thiazole rings is 1. The Kier molecular flexibility index (Phi) is 9.30. The molecular weight excluding hydrogens is 561 g/mol. The smallest absolute Gasteiger partial charge is 0.407 e. The second-order valence-corrected chi connectivity index (χ2v) is 11.4. The first-order valence-corrected chi connectivity index (χ1v) is 14.9. The van der Waals surface area contributed by atoms with Gasteiger partial charge in [-0.15, -0.1) is 22.7 Å². The van der Waals surface area contributed by atoms with Crippen LogP contribution in [-0.4, -0.2) is 43.1 Å². The number of benzene rings is 2. The molecule has 204 valence electrons. The van der Waals surface area contributed by atoms with E-state index in [-0.39, 0.29) is 12.1 Å². The monoisotopic (exact) mass is 585 g/mol. The van der Waals surface area contributed by atoms with E-state index in [1.807, 2.05) is 57.9 Å². The highest BCUT2D eigenvalue weighted by Crippen LogP contribution is 2.30. The van der Waals surface area contributed by atoms with Crippen molar-refractivity contribution in [2.45, 2.75) is 24.9 Å². The van der Waals surface area contributed by atoms with Gasteiger partial charge in [0.05, 0.1) is 23.7 Å². The van der Waals surface area contributed by atoms with Crippen LogP contribution < -0.4 is 15.4 Å². The normalized spacial score (nSPS) is 12.8. The summed E-state index contributed by atoms with van der Waals surface area (Å²) >= 11 is 2.95. The minimum Gasteiger partial charge on any atom is -0.731 e. The third-order valence-electron chi connectivity index (χ3n) is 5.62. The van der Waals surface area contributed by atoms with Gasteiger partial charge in [0.2, 0.25) is 5.91 Å². The standard InChI is InChI=1S/C26H26N4O6S3/c1-36-26(32)29-20(14-17-6-3-2-4-7-17)24(31)27-21(25-28-22(16-38-25)23-8-5-13-37-23)15-18-9-11-19(12-10-18)30-39(33,34)35/h2-13,16,20-21,30H,14-15H2,1H3,(H,27,31)(H,29,32)(H,33,34,35)/p-1. The Morgan fingerprint density at radius 1 is 0.949 bits per heavy atom. The minimum atomic E-state index is -4.65. The molecule has 13 heteroatoms. The zero-order valence-electron chi connectivity index (χ0n) is 20.7. The molecule has 2 amide bonds. The maximum absolute atomic E-state index is 13.5. The number of ether oxygens (including phenoxy) is 1. The summed E-state index contributed by atoms with van der Waals surface area (Å²) in [5.41, 5.74) is 2.55. The fraction of sp³-hybridized carbons (Fsp3) is 0.192. The molecule has 0 bridgehead atoms. The van der Waals surface area contributed by atoms with Crippen molar-refractivity contribution in [3.63, 3.8) is 0 Å². The zero-order valence-corrected chi connectivity index (χ0v) is 23.1. The third-order valence-corrected chi connectivity index (χ3v) is 7.96. The molecular formula is C26H25N4O6S3-. The van der Waals surface area contributed by atoms with Gasteiger partial charge in [-0.2, -0.15) is 0 Å². The number of hydrogen-bond donors (Lipinski definition) is 3. The number of nitrogens with one attached hydrogen (secondary N) is 3. The van der Waals surface area contributed by atoms with Crippen molar-refractivity contribution in [2.75, 3.05) is 11.8 Å². The summed E-state index contributed by atoms with van der Waals surface area (Å²) in [7, 11) is -3.42. The molecule has 2 atom stereocenters. The molecule has 0 aliphatic rings. The first-order chi connectivity index (χ1) is 18.7. The molecule has 0 saturated heterocycles. The number of methoxy groups -OCH3 is 1. The first-order valence-electron chi connectivity index (χ1n) is 11.7. The molecule has 0 radical (unpaired) electrons. The van der Waals surface area contributed by atoms with E-state index >= 15 is 0 Å². The number of hydrogen-bond acceptors (Lipinski definition) is 9. The van der Waals surface area contributed by atoms with Crippen LogP contribution in [-0.2, 0) is 32.7 Å². The van der Waals surface area contributed by atoms with Crippen LogP contribution in [0.1, 0.15) is 22.2 Å². The molecule has 4 rings (SSSR count). The molecule has 0 spiro atoms. The Morgan fingerprint density at radius 2 is 1.67 bits per heavy atom. The molecule has 10 nitrogen and oxygen atoms in total. The summed E-state index contributed by atoms with van der Waals surface area (Å²) in [5, 5.41) is 10.2. The Balaban J connectivity index is 1.59. The van der Waals surface area contributed by atoms with Crippen LogP contribution in [0.3, 0.4) is 0 Å². The van der Waals surface area contributed by atoms with E-state index in [9.17, 15) is 22.6 Å². The maximum Gasteiger partial charge on any atom is 0.407 e. The Labute approximate surface area is 234 Å². The Morgan fingerprint density at radius 3 is 2.31 bits per heavy atom. The van der Waals surface area contributed by atoms with Crippen LogP contribution in [0.15, 0.2) is 77.5 Å². The van der Waals surface area contributed by atoms with E-state index in [0.29, 0.717) is 11.4 Å². The summed E-state index contributed by atoms with van der Waals surface area (Å²) in [6.45, 7) is 0.